The summed E-state index contributed by atoms with van der Waals surface area (Å²) in [4.78, 5) is 0. The lowest BCUT2D eigenvalue weighted by atomic mass is 10.1. The van der Waals surface area contributed by atoms with Crippen LogP contribution in [0.4, 0.5) is 4.39 Å². The van der Waals surface area contributed by atoms with Gasteiger partial charge in [-0.25, -0.2) is 4.39 Å². The summed E-state index contributed by atoms with van der Waals surface area (Å²) in [6, 6.07) is 5.22. The standard InChI is InChI=1S/C8H8ClF/c1-6-3-2-4-7(5-9)8(6)10/h2-4H,5H2,1H3. The summed E-state index contributed by atoms with van der Waals surface area (Å²) in [6.45, 7) is 1.73. The smallest absolute Gasteiger partial charge is 0.130 e. The van der Waals surface area contributed by atoms with E-state index in [9.17, 15) is 4.39 Å². The lowest BCUT2D eigenvalue weighted by molar-refractivity contribution is 0.608. The zero-order chi connectivity index (χ0) is 7.56. The number of halogens is 2. The zero-order valence-electron chi connectivity index (χ0n) is 5.70. The fraction of sp³-hybridized carbons (Fsp3) is 0.250. The number of hydrogen-bond acceptors (Lipinski definition) is 0. The molecular formula is C8H8ClF. The Morgan fingerprint density at radius 1 is 1.50 bits per heavy atom. The van der Waals surface area contributed by atoms with Crippen LogP contribution in [0.2, 0.25) is 0 Å². The Hall–Kier alpha value is -0.560. The summed E-state index contributed by atoms with van der Waals surface area (Å²) in [6.07, 6.45) is 0. The van der Waals surface area contributed by atoms with Crippen LogP contribution in [0, 0.1) is 12.7 Å². The third-order valence-corrected chi connectivity index (χ3v) is 1.70. The highest BCUT2D eigenvalue weighted by molar-refractivity contribution is 6.17. The SMILES string of the molecule is Cc1cccc(CCl)c1F. The molecule has 0 spiro atoms. The van der Waals surface area contributed by atoms with Crippen molar-refractivity contribution < 1.29 is 4.39 Å². The van der Waals surface area contributed by atoms with Crippen molar-refractivity contribution >= 4 is 11.6 Å². The first-order chi connectivity index (χ1) is 4.75. The highest BCUT2D eigenvalue weighted by Crippen LogP contribution is 2.13. The maximum Gasteiger partial charge on any atom is 0.130 e. The van der Waals surface area contributed by atoms with E-state index < -0.39 is 0 Å². The predicted octanol–water partition coefficient (Wildman–Crippen LogP) is 2.87. The first-order valence-electron chi connectivity index (χ1n) is 3.05. The first-order valence-corrected chi connectivity index (χ1v) is 3.59. The van der Waals surface area contributed by atoms with Crippen molar-refractivity contribution in [2.75, 3.05) is 0 Å². The average molecular weight is 159 g/mol. The van der Waals surface area contributed by atoms with E-state index in [1.165, 1.54) is 0 Å². The average Bonchev–Trinajstić information content (AvgIpc) is 1.95. The summed E-state index contributed by atoms with van der Waals surface area (Å²) < 4.78 is 12.9. The van der Waals surface area contributed by atoms with Crippen molar-refractivity contribution in [3.05, 3.63) is 35.1 Å². The van der Waals surface area contributed by atoms with Gasteiger partial charge in [0.05, 0.1) is 5.88 Å². The van der Waals surface area contributed by atoms with Gasteiger partial charge in [0.25, 0.3) is 0 Å². The molecule has 0 aliphatic carbocycles. The predicted molar refractivity (Wildman–Crippen MR) is 40.7 cm³/mol. The van der Waals surface area contributed by atoms with Crippen LogP contribution in [0.15, 0.2) is 18.2 Å². The minimum absolute atomic E-state index is 0.183. The molecule has 0 heterocycles. The van der Waals surface area contributed by atoms with E-state index in [4.69, 9.17) is 11.6 Å². The van der Waals surface area contributed by atoms with Crippen LogP contribution in [-0.2, 0) is 5.88 Å². The third-order valence-electron chi connectivity index (χ3n) is 1.42. The van der Waals surface area contributed by atoms with Gasteiger partial charge in [-0.05, 0) is 12.5 Å². The van der Waals surface area contributed by atoms with E-state index in [1.807, 2.05) is 0 Å². The van der Waals surface area contributed by atoms with Gasteiger partial charge in [0.2, 0.25) is 0 Å². The molecule has 0 unspecified atom stereocenters. The fourth-order valence-electron chi connectivity index (χ4n) is 0.811. The zero-order valence-corrected chi connectivity index (χ0v) is 6.45. The molecule has 1 aromatic carbocycles. The van der Waals surface area contributed by atoms with Crippen molar-refractivity contribution in [2.45, 2.75) is 12.8 Å². The van der Waals surface area contributed by atoms with Crippen LogP contribution < -0.4 is 0 Å². The molecule has 0 bridgehead atoms. The van der Waals surface area contributed by atoms with Crippen LogP contribution in [0.5, 0.6) is 0 Å². The van der Waals surface area contributed by atoms with Crippen LogP contribution >= 0.6 is 11.6 Å². The van der Waals surface area contributed by atoms with Gasteiger partial charge >= 0.3 is 0 Å². The molecule has 10 heavy (non-hydrogen) atoms. The van der Waals surface area contributed by atoms with E-state index in [0.29, 0.717) is 11.1 Å². The van der Waals surface area contributed by atoms with E-state index in [2.05, 4.69) is 0 Å². The number of hydrogen-bond donors (Lipinski definition) is 0. The Kier molecular flexibility index (Phi) is 2.28. The second-order valence-corrected chi connectivity index (χ2v) is 2.45. The normalized spacial score (nSPS) is 9.90. The molecule has 54 valence electrons. The van der Waals surface area contributed by atoms with E-state index in [-0.39, 0.29) is 11.7 Å². The Labute approximate surface area is 64.6 Å². The molecule has 0 aliphatic heterocycles. The second-order valence-electron chi connectivity index (χ2n) is 2.18. The molecule has 0 amide bonds. The highest BCUT2D eigenvalue weighted by atomic mass is 35.5. The van der Waals surface area contributed by atoms with Crippen LogP contribution in [-0.4, -0.2) is 0 Å². The van der Waals surface area contributed by atoms with Crippen LogP contribution in [0.3, 0.4) is 0 Å². The fourth-order valence-corrected chi connectivity index (χ4v) is 1.02. The van der Waals surface area contributed by atoms with Gasteiger partial charge in [0.15, 0.2) is 0 Å². The molecule has 0 N–H and O–H groups in total. The largest absolute Gasteiger partial charge is 0.206 e. The van der Waals surface area contributed by atoms with Crippen molar-refractivity contribution in [3.63, 3.8) is 0 Å². The van der Waals surface area contributed by atoms with Gasteiger partial charge in [-0.15, -0.1) is 11.6 Å². The van der Waals surface area contributed by atoms with E-state index in [0.717, 1.165) is 0 Å². The first kappa shape index (κ1) is 7.55. The van der Waals surface area contributed by atoms with Crippen LogP contribution in [0.25, 0.3) is 0 Å². The van der Waals surface area contributed by atoms with Gasteiger partial charge < -0.3 is 0 Å². The number of benzene rings is 1. The van der Waals surface area contributed by atoms with Gasteiger partial charge in [-0.1, -0.05) is 18.2 Å². The summed E-state index contributed by atoms with van der Waals surface area (Å²) in [5, 5.41) is 0. The number of rotatable bonds is 1. The third kappa shape index (κ3) is 1.29. The Balaban J connectivity index is 3.14. The van der Waals surface area contributed by atoms with Crippen molar-refractivity contribution in [1.82, 2.24) is 0 Å². The topological polar surface area (TPSA) is 0 Å². The lowest BCUT2D eigenvalue weighted by Crippen LogP contribution is -1.88. The minimum atomic E-state index is -0.183. The molecule has 0 aliphatic rings. The molecule has 0 fully saturated rings. The van der Waals surface area contributed by atoms with E-state index >= 15 is 0 Å². The summed E-state index contributed by atoms with van der Waals surface area (Å²) in [5.41, 5.74) is 1.22. The molecule has 1 rings (SSSR count). The molecule has 1 aromatic rings. The highest BCUT2D eigenvalue weighted by Gasteiger charge is 2.01. The molecule has 0 saturated carbocycles. The Bertz CT molecular complexity index is 233. The van der Waals surface area contributed by atoms with Gasteiger partial charge in [0.1, 0.15) is 5.82 Å². The maximum atomic E-state index is 12.9. The second kappa shape index (κ2) is 3.02. The molecule has 0 saturated heterocycles. The van der Waals surface area contributed by atoms with Gasteiger partial charge in [0, 0.05) is 5.56 Å². The van der Waals surface area contributed by atoms with Crippen molar-refractivity contribution in [3.8, 4) is 0 Å². The van der Waals surface area contributed by atoms with Crippen molar-refractivity contribution in [2.24, 2.45) is 0 Å². The van der Waals surface area contributed by atoms with Gasteiger partial charge in [-0.2, -0.15) is 0 Å². The van der Waals surface area contributed by atoms with Gasteiger partial charge in [-0.3, -0.25) is 0 Å². The molecule has 0 nitrogen and oxygen atoms in total. The quantitative estimate of drug-likeness (QED) is 0.552. The van der Waals surface area contributed by atoms with Crippen molar-refractivity contribution in [1.29, 1.82) is 0 Å². The number of alkyl halides is 1. The molecule has 0 atom stereocenters. The monoisotopic (exact) mass is 158 g/mol. The van der Waals surface area contributed by atoms with Crippen LogP contribution in [0.1, 0.15) is 11.1 Å². The summed E-state index contributed by atoms with van der Waals surface area (Å²) in [5.74, 6) is 0.0607. The molecular weight excluding hydrogens is 151 g/mol. The Morgan fingerprint density at radius 3 is 2.70 bits per heavy atom. The summed E-state index contributed by atoms with van der Waals surface area (Å²) in [7, 11) is 0. The number of aryl methyl sites for hydroxylation is 1. The minimum Gasteiger partial charge on any atom is -0.206 e. The summed E-state index contributed by atoms with van der Waals surface area (Å²) >= 11 is 5.46. The molecule has 0 aromatic heterocycles. The maximum absolute atomic E-state index is 12.9. The molecule has 2 heteroatoms. The Morgan fingerprint density at radius 2 is 2.20 bits per heavy atom. The van der Waals surface area contributed by atoms with E-state index in [1.54, 1.807) is 25.1 Å². The lowest BCUT2D eigenvalue weighted by Gasteiger charge is -1.99. The molecule has 0 radical (unpaired) electrons.